The Bertz CT molecular complexity index is 1790. The molecule has 1 spiro atoms. The number of carbonyl (C=O) groups is 2. The van der Waals surface area contributed by atoms with E-state index in [-0.39, 0.29) is 53.6 Å². The number of hydrogen-bond donors (Lipinski definition) is 1. The van der Waals surface area contributed by atoms with Crippen molar-refractivity contribution in [2.75, 3.05) is 30.9 Å². The summed E-state index contributed by atoms with van der Waals surface area (Å²) in [7, 11) is -1.86. The van der Waals surface area contributed by atoms with Crippen LogP contribution in [0.3, 0.4) is 0 Å². The van der Waals surface area contributed by atoms with Gasteiger partial charge in [0.15, 0.2) is 0 Å². The van der Waals surface area contributed by atoms with Crippen LogP contribution < -0.4 is 14.4 Å². The first-order valence-electron chi connectivity index (χ1n) is 17.5. The Labute approximate surface area is 297 Å². The van der Waals surface area contributed by atoms with E-state index in [1.807, 2.05) is 19.1 Å². The minimum absolute atomic E-state index is 0.0612. The number of allylic oxidation sites excluding steroid dienone is 1. The highest BCUT2D eigenvalue weighted by atomic mass is 35.5. The van der Waals surface area contributed by atoms with Crippen LogP contribution in [-0.4, -0.2) is 66.9 Å². The van der Waals surface area contributed by atoms with E-state index in [1.54, 1.807) is 25.3 Å². The molecule has 2 aromatic rings. The number of nitrogens with one attached hydrogen (secondary N) is 1. The van der Waals surface area contributed by atoms with Crippen molar-refractivity contribution in [1.82, 2.24) is 4.72 Å². The SMILES string of the molecule is CO[C@H]1/C=C/C[C@H](C)CS(=O)(NC(=O)C2CC(OC(F)F)C2)=NC(=O)c2ccc3c(c2)N(C[C@@]2(CCCc4cc(Cl)ccc42)CO3)C2CC[C@H]21. The number of fused-ring (bicyclic) bond motifs is 5. The molecule has 2 amide bonds. The maximum atomic E-state index is 14.4. The quantitative estimate of drug-likeness (QED) is 0.335. The molecule has 7 rings (SSSR count). The summed E-state index contributed by atoms with van der Waals surface area (Å²) >= 11 is 6.44. The zero-order chi connectivity index (χ0) is 35.2. The molecular weight excluding hydrogens is 688 g/mol. The van der Waals surface area contributed by atoms with Crippen LogP contribution in [0.15, 0.2) is 52.9 Å². The van der Waals surface area contributed by atoms with E-state index in [2.05, 4.69) is 36.9 Å². The van der Waals surface area contributed by atoms with Crippen LogP contribution in [-0.2, 0) is 36.0 Å². The fourth-order valence-electron chi connectivity index (χ4n) is 8.46. The molecule has 2 heterocycles. The van der Waals surface area contributed by atoms with Crippen LogP contribution in [0.2, 0.25) is 5.02 Å². The van der Waals surface area contributed by atoms with E-state index < -0.39 is 40.4 Å². The number of rotatable bonds is 5. The van der Waals surface area contributed by atoms with Crippen molar-refractivity contribution in [2.45, 2.75) is 88.6 Å². The Morgan fingerprint density at radius 3 is 2.76 bits per heavy atom. The van der Waals surface area contributed by atoms with Gasteiger partial charge in [-0.05, 0) is 98.7 Å². The van der Waals surface area contributed by atoms with Crippen molar-refractivity contribution in [3.05, 3.63) is 70.3 Å². The number of nitrogens with zero attached hydrogens (tertiary/aromatic N) is 2. The summed E-state index contributed by atoms with van der Waals surface area (Å²) in [6.07, 6.45) is 8.70. The number of halogens is 3. The molecule has 13 heteroatoms. The zero-order valence-corrected chi connectivity index (χ0v) is 29.9. The topological polar surface area (TPSA) is 107 Å². The van der Waals surface area contributed by atoms with E-state index >= 15 is 0 Å². The summed E-state index contributed by atoms with van der Waals surface area (Å²) in [6.45, 7) is 0.108. The minimum atomic E-state index is -3.58. The van der Waals surface area contributed by atoms with Crippen molar-refractivity contribution in [1.29, 1.82) is 0 Å². The third-order valence-electron chi connectivity index (χ3n) is 11.2. The fraction of sp³-hybridized carbons (Fsp3) is 0.568. The predicted octanol–water partition coefficient (Wildman–Crippen LogP) is 6.86. The molecular formula is C37H44ClF2N3O6S. The van der Waals surface area contributed by atoms with Gasteiger partial charge in [-0.3, -0.25) is 14.3 Å². The number of carbonyl (C=O) groups excluding carboxylic acids is 2. The summed E-state index contributed by atoms with van der Waals surface area (Å²) in [5.74, 6) is -1.36. The van der Waals surface area contributed by atoms with Gasteiger partial charge in [0.2, 0.25) is 5.91 Å². The van der Waals surface area contributed by atoms with Crippen LogP contribution in [0.1, 0.15) is 73.4 Å². The maximum Gasteiger partial charge on any atom is 0.345 e. The highest BCUT2D eigenvalue weighted by Gasteiger charge is 2.48. The molecule has 9 nitrogen and oxygen atoms in total. The lowest BCUT2D eigenvalue weighted by molar-refractivity contribution is -0.192. The second kappa shape index (κ2) is 14.2. The molecule has 5 aliphatic rings. The molecule has 2 aliphatic heterocycles. The Balaban J connectivity index is 1.26. The van der Waals surface area contributed by atoms with Gasteiger partial charge in [-0.1, -0.05) is 36.7 Å². The monoisotopic (exact) mass is 731 g/mol. The molecule has 2 fully saturated rings. The Morgan fingerprint density at radius 2 is 2.02 bits per heavy atom. The summed E-state index contributed by atoms with van der Waals surface area (Å²) in [5, 5.41) is 0.716. The summed E-state index contributed by atoms with van der Waals surface area (Å²) in [4.78, 5) is 29.5. The molecule has 3 aliphatic carbocycles. The maximum absolute atomic E-state index is 14.4. The average Bonchev–Trinajstić information content (AvgIpc) is 3.17. The minimum Gasteiger partial charge on any atom is -0.490 e. The van der Waals surface area contributed by atoms with Crippen LogP contribution >= 0.6 is 11.6 Å². The zero-order valence-electron chi connectivity index (χ0n) is 28.3. The van der Waals surface area contributed by atoms with Gasteiger partial charge in [0.25, 0.3) is 5.91 Å². The number of ether oxygens (including phenoxy) is 3. The van der Waals surface area contributed by atoms with Crippen LogP contribution in [0.5, 0.6) is 5.75 Å². The molecule has 1 N–H and O–H groups in total. The van der Waals surface area contributed by atoms with E-state index in [9.17, 15) is 22.6 Å². The second-order valence-electron chi connectivity index (χ2n) is 14.7. The van der Waals surface area contributed by atoms with Gasteiger partial charge in [-0.2, -0.15) is 8.78 Å². The molecule has 2 unspecified atom stereocenters. The molecule has 2 saturated carbocycles. The molecule has 0 saturated heterocycles. The second-order valence-corrected chi connectivity index (χ2v) is 17.1. The van der Waals surface area contributed by atoms with E-state index in [0.717, 1.165) is 37.8 Å². The van der Waals surface area contributed by atoms with Crippen molar-refractivity contribution in [3.8, 4) is 5.75 Å². The summed E-state index contributed by atoms with van der Waals surface area (Å²) in [5.41, 5.74) is 3.18. The lowest BCUT2D eigenvalue weighted by Crippen LogP contribution is -2.56. The number of aryl methyl sites for hydroxylation is 1. The van der Waals surface area contributed by atoms with Crippen LogP contribution in [0, 0.1) is 17.8 Å². The first kappa shape index (κ1) is 35.3. The lowest BCUT2D eigenvalue weighted by atomic mass is 9.68. The number of hydrogen-bond acceptors (Lipinski definition) is 7. The smallest absolute Gasteiger partial charge is 0.345 e. The Morgan fingerprint density at radius 1 is 1.20 bits per heavy atom. The normalized spacial score (nSPS) is 34.4. The van der Waals surface area contributed by atoms with Crippen molar-refractivity contribution >= 4 is 39.0 Å². The molecule has 0 radical (unpaired) electrons. The first-order chi connectivity index (χ1) is 24.0. The van der Waals surface area contributed by atoms with Gasteiger partial charge in [0, 0.05) is 47.5 Å². The summed E-state index contributed by atoms with van der Waals surface area (Å²) < 4.78 is 63.6. The number of benzene rings is 2. The molecule has 2 bridgehead atoms. The molecule has 270 valence electrons. The number of methoxy groups -OCH3 is 1. The Kier molecular flexibility index (Phi) is 10.0. The van der Waals surface area contributed by atoms with Gasteiger partial charge >= 0.3 is 6.61 Å². The molecule has 2 aromatic carbocycles. The number of amides is 2. The van der Waals surface area contributed by atoms with E-state index in [1.165, 1.54) is 11.1 Å². The third kappa shape index (κ3) is 7.05. The van der Waals surface area contributed by atoms with Crippen molar-refractivity contribution in [2.24, 2.45) is 22.1 Å². The lowest BCUT2D eigenvalue weighted by Gasteiger charge is -2.50. The largest absolute Gasteiger partial charge is 0.490 e. The van der Waals surface area contributed by atoms with Crippen LogP contribution in [0.4, 0.5) is 14.5 Å². The van der Waals surface area contributed by atoms with Crippen molar-refractivity contribution < 1.29 is 36.8 Å². The molecule has 0 aromatic heterocycles. The van der Waals surface area contributed by atoms with Gasteiger partial charge in [-0.25, -0.2) is 4.21 Å². The average molecular weight is 732 g/mol. The summed E-state index contributed by atoms with van der Waals surface area (Å²) in [6, 6.07) is 11.5. The first-order valence-corrected chi connectivity index (χ1v) is 19.6. The Hall–Kier alpha value is -3.06. The van der Waals surface area contributed by atoms with Gasteiger partial charge in [0.05, 0.1) is 30.3 Å². The highest BCUT2D eigenvalue weighted by Crippen LogP contribution is 2.49. The standard InChI is InChI=1S/C37H44ClF2N3O6S/c1-22-5-3-7-32(47-2)28-10-12-30(28)43-20-37(14-4-6-23-15-26(38)9-11-29(23)37)21-48-33-13-8-24(18-31(33)43)34(44)41-50(46,19-22)42-35(45)25-16-27(17-25)49-36(39)40/h3,7-9,11,13,15,18,22,25,27-28,30,32,36H,4-6,10,12,14,16-17,19-21H2,1-2H3,(H,41,42,44,45,46)/b7-3+/t22-,25?,27?,28+,30?,32-,37-,50?/m0/s1. The number of anilines is 1. The van der Waals surface area contributed by atoms with Gasteiger partial charge in [0.1, 0.15) is 15.7 Å². The highest BCUT2D eigenvalue weighted by molar-refractivity contribution is 7.92. The molecule has 50 heavy (non-hydrogen) atoms. The predicted molar refractivity (Wildman–Crippen MR) is 187 cm³/mol. The fourth-order valence-corrected chi connectivity index (χ4v) is 10.6. The van der Waals surface area contributed by atoms with Gasteiger partial charge in [-0.15, -0.1) is 4.36 Å². The third-order valence-corrected chi connectivity index (χ3v) is 13.5. The van der Waals surface area contributed by atoms with Gasteiger partial charge < -0.3 is 19.1 Å². The number of alkyl halides is 2. The van der Waals surface area contributed by atoms with Crippen molar-refractivity contribution in [3.63, 3.8) is 0 Å². The van der Waals surface area contributed by atoms with E-state index in [4.69, 9.17) is 21.1 Å². The van der Waals surface area contributed by atoms with E-state index in [0.29, 0.717) is 30.3 Å². The van der Waals surface area contributed by atoms with Crippen LogP contribution in [0.25, 0.3) is 0 Å². The molecule has 6 atom stereocenters.